The molecule has 0 saturated heterocycles. The quantitative estimate of drug-likeness (QED) is 0.433. The van der Waals surface area contributed by atoms with Gasteiger partial charge in [-0.05, 0) is 50.1 Å². The highest BCUT2D eigenvalue weighted by Crippen LogP contribution is 2.28. The van der Waals surface area contributed by atoms with Gasteiger partial charge in [0, 0.05) is 41.7 Å². The van der Waals surface area contributed by atoms with Gasteiger partial charge >= 0.3 is 0 Å². The van der Waals surface area contributed by atoms with E-state index in [0.717, 1.165) is 17.1 Å². The third kappa shape index (κ3) is 6.94. The fraction of sp³-hybridized carbons (Fsp3) is 0.316. The molecule has 1 aromatic carbocycles. The topological polar surface area (TPSA) is 108 Å². The molecule has 11 heteroatoms. The maximum atomic E-state index is 11.5. The molecular weight excluding hydrogens is 420 g/mol. The molecule has 1 amide bonds. The summed E-state index contributed by atoms with van der Waals surface area (Å²) < 4.78 is 0. The number of likely N-dealkylation sites (N-methyl/N-ethyl adjacent to an activating group) is 1. The average Bonchev–Trinajstić information content (AvgIpc) is 3.22. The van der Waals surface area contributed by atoms with Crippen molar-refractivity contribution in [1.29, 1.82) is 0 Å². The average molecular weight is 445 g/mol. The zero-order valence-corrected chi connectivity index (χ0v) is 18.7. The van der Waals surface area contributed by atoms with Crippen molar-refractivity contribution < 1.29 is 4.79 Å². The first-order valence-electron chi connectivity index (χ1n) is 9.41. The normalized spacial score (nSPS) is 10.8. The number of carbonyl (C=O) groups excluding carboxylic acids is 1. The molecule has 0 saturated carbocycles. The van der Waals surface area contributed by atoms with Crippen LogP contribution in [-0.4, -0.2) is 57.9 Å². The molecule has 0 atom stereocenters. The number of carbonyl (C=O) groups is 1. The number of thiazole rings is 1. The molecule has 3 N–H and O–H groups in total. The first-order chi connectivity index (χ1) is 14.5. The molecule has 30 heavy (non-hydrogen) atoms. The molecule has 0 fully saturated rings. The van der Waals surface area contributed by atoms with Crippen LogP contribution < -0.4 is 16.0 Å². The van der Waals surface area contributed by atoms with Gasteiger partial charge < -0.3 is 15.5 Å². The minimum Gasteiger partial charge on any atom is -0.353 e. The highest BCUT2D eigenvalue weighted by molar-refractivity contribution is 7.99. The third-order valence-corrected chi connectivity index (χ3v) is 5.34. The predicted octanol–water partition coefficient (Wildman–Crippen LogP) is 3.54. The molecule has 3 rings (SSSR count). The summed E-state index contributed by atoms with van der Waals surface area (Å²) in [6.07, 6.45) is 2.17. The Morgan fingerprint density at radius 3 is 2.57 bits per heavy atom. The minimum atomic E-state index is -0.0146. The van der Waals surface area contributed by atoms with Crippen LogP contribution in [-0.2, 0) is 4.79 Å². The summed E-state index contributed by atoms with van der Waals surface area (Å²) in [5.74, 6) is 0.918. The highest BCUT2D eigenvalue weighted by Gasteiger charge is 2.10. The molecular formula is C19H24N8OS2. The van der Waals surface area contributed by atoms with Crippen LogP contribution in [0.15, 0.2) is 45.9 Å². The lowest BCUT2D eigenvalue weighted by molar-refractivity contribution is -0.115. The minimum absolute atomic E-state index is 0.0146. The third-order valence-electron chi connectivity index (χ3n) is 3.78. The fourth-order valence-corrected chi connectivity index (χ4v) is 3.54. The highest BCUT2D eigenvalue weighted by atomic mass is 32.2. The zero-order valence-electron chi connectivity index (χ0n) is 17.0. The van der Waals surface area contributed by atoms with E-state index >= 15 is 0 Å². The van der Waals surface area contributed by atoms with Gasteiger partial charge in [0.25, 0.3) is 0 Å². The first kappa shape index (κ1) is 21.9. The number of hydrogen-bond donors (Lipinski definition) is 3. The van der Waals surface area contributed by atoms with Crippen LogP contribution in [0.3, 0.4) is 0 Å². The van der Waals surface area contributed by atoms with Crippen LogP contribution in [0, 0.1) is 0 Å². The standard InChI is InChI=1S/C19H24N8OS2/c1-4-15(28)22-13-5-7-14(8-6-13)30-19-24-16(20-9-11-27(2)3)23-17(26-19)25-18-21-10-12-29-18/h5-8,10,12H,4,9,11H2,1-3H3,(H,22,28)(H2,20,21,23,24,25,26). The summed E-state index contributed by atoms with van der Waals surface area (Å²) >= 11 is 2.89. The summed E-state index contributed by atoms with van der Waals surface area (Å²) in [6, 6.07) is 7.57. The molecule has 0 aliphatic rings. The number of amides is 1. The van der Waals surface area contributed by atoms with E-state index < -0.39 is 0 Å². The van der Waals surface area contributed by atoms with Crippen molar-refractivity contribution >= 4 is 51.7 Å². The monoisotopic (exact) mass is 444 g/mol. The Labute approximate surface area is 183 Å². The summed E-state index contributed by atoms with van der Waals surface area (Å²) in [7, 11) is 4.02. The molecule has 0 radical (unpaired) electrons. The van der Waals surface area contributed by atoms with Crippen LogP contribution in [0.4, 0.5) is 22.7 Å². The lowest BCUT2D eigenvalue weighted by Crippen LogP contribution is -2.21. The molecule has 0 aliphatic heterocycles. The van der Waals surface area contributed by atoms with Gasteiger partial charge in [-0.3, -0.25) is 10.1 Å². The fourth-order valence-electron chi connectivity index (χ4n) is 2.27. The van der Waals surface area contributed by atoms with Gasteiger partial charge in [0.1, 0.15) is 0 Å². The van der Waals surface area contributed by atoms with E-state index in [0.29, 0.717) is 35.2 Å². The van der Waals surface area contributed by atoms with Crippen molar-refractivity contribution in [1.82, 2.24) is 24.8 Å². The number of nitrogens with one attached hydrogen (secondary N) is 3. The molecule has 0 spiro atoms. The molecule has 0 bridgehead atoms. The lowest BCUT2D eigenvalue weighted by atomic mass is 10.3. The maximum Gasteiger partial charge on any atom is 0.234 e. The number of rotatable bonds is 10. The van der Waals surface area contributed by atoms with Gasteiger partial charge in [-0.25, -0.2) is 4.98 Å². The Kier molecular flexibility index (Phi) is 7.94. The van der Waals surface area contributed by atoms with Crippen LogP contribution >= 0.6 is 23.1 Å². The van der Waals surface area contributed by atoms with E-state index in [-0.39, 0.29) is 5.91 Å². The number of anilines is 4. The van der Waals surface area contributed by atoms with Crippen LogP contribution in [0.2, 0.25) is 0 Å². The second-order valence-corrected chi connectivity index (χ2v) is 8.42. The Morgan fingerprint density at radius 1 is 1.13 bits per heavy atom. The van der Waals surface area contributed by atoms with Crippen molar-refractivity contribution in [3.05, 3.63) is 35.8 Å². The Bertz CT molecular complexity index is 948. The Morgan fingerprint density at radius 2 is 1.90 bits per heavy atom. The molecule has 2 aromatic heterocycles. The number of benzene rings is 1. The lowest BCUT2D eigenvalue weighted by Gasteiger charge is -2.12. The molecule has 3 aromatic rings. The summed E-state index contributed by atoms with van der Waals surface area (Å²) in [4.78, 5) is 32.3. The number of aromatic nitrogens is 4. The zero-order chi connectivity index (χ0) is 21.3. The number of hydrogen-bond acceptors (Lipinski definition) is 10. The van der Waals surface area contributed by atoms with E-state index in [1.807, 2.05) is 50.7 Å². The molecule has 9 nitrogen and oxygen atoms in total. The van der Waals surface area contributed by atoms with E-state index in [1.165, 1.54) is 23.1 Å². The van der Waals surface area contributed by atoms with E-state index in [2.05, 4.69) is 40.8 Å². The summed E-state index contributed by atoms with van der Waals surface area (Å²) in [5.41, 5.74) is 0.763. The van der Waals surface area contributed by atoms with Crippen molar-refractivity contribution in [2.75, 3.05) is 43.1 Å². The van der Waals surface area contributed by atoms with E-state index in [4.69, 9.17) is 0 Å². The van der Waals surface area contributed by atoms with Crippen LogP contribution in [0.5, 0.6) is 0 Å². The smallest absolute Gasteiger partial charge is 0.234 e. The van der Waals surface area contributed by atoms with Crippen molar-refractivity contribution in [2.45, 2.75) is 23.4 Å². The van der Waals surface area contributed by atoms with Gasteiger partial charge in [0.2, 0.25) is 17.8 Å². The maximum absolute atomic E-state index is 11.5. The SMILES string of the molecule is CCC(=O)Nc1ccc(Sc2nc(NCCN(C)C)nc(Nc3nccs3)n2)cc1. The Hall–Kier alpha value is -2.76. The van der Waals surface area contributed by atoms with Gasteiger partial charge in [-0.2, -0.15) is 15.0 Å². The second kappa shape index (κ2) is 10.9. The Balaban J connectivity index is 1.75. The first-order valence-corrected chi connectivity index (χ1v) is 11.1. The van der Waals surface area contributed by atoms with Crippen LogP contribution in [0.1, 0.15) is 13.3 Å². The van der Waals surface area contributed by atoms with Gasteiger partial charge in [0.15, 0.2) is 10.3 Å². The molecule has 158 valence electrons. The van der Waals surface area contributed by atoms with Crippen molar-refractivity contribution in [2.24, 2.45) is 0 Å². The van der Waals surface area contributed by atoms with Gasteiger partial charge in [-0.1, -0.05) is 6.92 Å². The summed E-state index contributed by atoms with van der Waals surface area (Å²) in [6.45, 7) is 3.39. The van der Waals surface area contributed by atoms with Crippen LogP contribution in [0.25, 0.3) is 0 Å². The van der Waals surface area contributed by atoms with Crippen molar-refractivity contribution in [3.8, 4) is 0 Å². The number of nitrogens with zero attached hydrogens (tertiary/aromatic N) is 5. The van der Waals surface area contributed by atoms with E-state index in [1.54, 1.807) is 6.20 Å². The molecule has 0 aliphatic carbocycles. The second-order valence-electron chi connectivity index (χ2n) is 6.49. The van der Waals surface area contributed by atoms with E-state index in [9.17, 15) is 4.79 Å². The predicted molar refractivity (Wildman–Crippen MR) is 122 cm³/mol. The largest absolute Gasteiger partial charge is 0.353 e. The van der Waals surface area contributed by atoms with Gasteiger partial charge in [-0.15, -0.1) is 11.3 Å². The molecule has 0 unspecified atom stereocenters. The summed E-state index contributed by atoms with van der Waals surface area (Å²) in [5, 5.41) is 12.4. The molecule has 2 heterocycles. The van der Waals surface area contributed by atoms with Gasteiger partial charge in [0.05, 0.1) is 0 Å². The van der Waals surface area contributed by atoms with Crippen molar-refractivity contribution in [3.63, 3.8) is 0 Å².